The van der Waals surface area contributed by atoms with Gasteiger partial charge in [0.15, 0.2) is 0 Å². The molecule has 1 rings (SSSR count). The van der Waals surface area contributed by atoms with E-state index in [1.807, 2.05) is 0 Å². The van der Waals surface area contributed by atoms with Gasteiger partial charge in [-0.3, -0.25) is 4.79 Å². The average Bonchev–Trinajstić information content (AvgIpc) is 2.66. The first-order valence-electron chi connectivity index (χ1n) is 5.05. The molecule has 1 saturated carbocycles. The molecule has 1 fully saturated rings. The molecule has 16 heavy (non-hydrogen) atoms. The van der Waals surface area contributed by atoms with Crippen molar-refractivity contribution in [2.75, 3.05) is 27.3 Å². The standard InChI is InChI=1S/C10H17Cl2NO3/c1-9(6-10(9,11)12)8(15)13(2)4-7(14)5-16-3/h7,14H,4-6H2,1-3H3. The normalized spacial score (nSPS) is 28.6. The Morgan fingerprint density at radius 3 is 2.50 bits per heavy atom. The van der Waals surface area contributed by atoms with Gasteiger partial charge < -0.3 is 14.7 Å². The minimum absolute atomic E-state index is 0.146. The Morgan fingerprint density at radius 1 is 1.62 bits per heavy atom. The molecule has 0 heterocycles. The van der Waals surface area contributed by atoms with Gasteiger partial charge in [-0.05, 0) is 13.3 Å². The number of carbonyl (C=O) groups excluding carboxylic acids is 1. The Balaban J connectivity index is 2.50. The molecule has 6 heteroatoms. The van der Waals surface area contributed by atoms with Crippen LogP contribution < -0.4 is 0 Å². The highest BCUT2D eigenvalue weighted by molar-refractivity contribution is 6.53. The molecule has 1 aliphatic carbocycles. The highest BCUT2D eigenvalue weighted by Gasteiger charge is 2.68. The number of halogens is 2. The number of alkyl halides is 2. The summed E-state index contributed by atoms with van der Waals surface area (Å²) in [6, 6.07) is 0. The maximum absolute atomic E-state index is 12.0. The molecule has 0 spiro atoms. The van der Waals surface area contributed by atoms with Crippen LogP contribution in [0.1, 0.15) is 13.3 Å². The van der Waals surface area contributed by atoms with E-state index < -0.39 is 15.9 Å². The van der Waals surface area contributed by atoms with Crippen LogP contribution >= 0.6 is 23.2 Å². The summed E-state index contributed by atoms with van der Waals surface area (Å²) in [5.74, 6) is -0.146. The molecular formula is C10H17Cl2NO3. The Kier molecular flexibility index (Phi) is 4.11. The van der Waals surface area contributed by atoms with Gasteiger partial charge in [0.1, 0.15) is 4.33 Å². The third-order valence-corrected chi connectivity index (χ3v) is 4.02. The molecule has 94 valence electrons. The number of methoxy groups -OCH3 is 1. The molecule has 1 N–H and O–H groups in total. The van der Waals surface area contributed by atoms with E-state index in [9.17, 15) is 9.90 Å². The van der Waals surface area contributed by atoms with Crippen LogP contribution in [0.4, 0.5) is 0 Å². The second-order valence-corrected chi connectivity index (χ2v) is 5.99. The van der Waals surface area contributed by atoms with Crippen molar-refractivity contribution in [3.05, 3.63) is 0 Å². The van der Waals surface area contributed by atoms with Gasteiger partial charge in [0.25, 0.3) is 0 Å². The van der Waals surface area contributed by atoms with E-state index in [4.69, 9.17) is 27.9 Å². The molecule has 0 bridgehead atoms. The van der Waals surface area contributed by atoms with Crippen LogP contribution in [0, 0.1) is 5.41 Å². The van der Waals surface area contributed by atoms with Crippen molar-refractivity contribution in [1.82, 2.24) is 4.90 Å². The van der Waals surface area contributed by atoms with E-state index in [1.54, 1.807) is 14.0 Å². The number of nitrogens with zero attached hydrogens (tertiary/aromatic N) is 1. The largest absolute Gasteiger partial charge is 0.389 e. The predicted molar refractivity (Wildman–Crippen MR) is 62.7 cm³/mol. The van der Waals surface area contributed by atoms with E-state index >= 15 is 0 Å². The topological polar surface area (TPSA) is 49.8 Å². The van der Waals surface area contributed by atoms with Gasteiger partial charge in [0.2, 0.25) is 5.91 Å². The van der Waals surface area contributed by atoms with Crippen LogP contribution in [0.15, 0.2) is 0 Å². The van der Waals surface area contributed by atoms with Crippen molar-refractivity contribution in [1.29, 1.82) is 0 Å². The maximum Gasteiger partial charge on any atom is 0.231 e. The second kappa shape index (κ2) is 4.69. The third kappa shape index (κ3) is 2.62. The minimum Gasteiger partial charge on any atom is -0.389 e. The molecule has 4 nitrogen and oxygen atoms in total. The van der Waals surface area contributed by atoms with Gasteiger partial charge in [-0.15, -0.1) is 23.2 Å². The van der Waals surface area contributed by atoms with E-state index in [0.717, 1.165) is 0 Å². The summed E-state index contributed by atoms with van der Waals surface area (Å²) in [5, 5.41) is 9.50. The fraction of sp³-hybridized carbons (Fsp3) is 0.900. The Labute approximate surface area is 105 Å². The minimum atomic E-state index is -0.968. The molecule has 0 aromatic rings. The fourth-order valence-electron chi connectivity index (χ4n) is 1.70. The van der Waals surface area contributed by atoms with Crippen LogP contribution in [0.25, 0.3) is 0 Å². The fourth-order valence-corrected chi connectivity index (χ4v) is 2.39. The molecule has 0 aromatic carbocycles. The smallest absolute Gasteiger partial charge is 0.231 e. The van der Waals surface area contributed by atoms with Crippen LogP contribution in [0.2, 0.25) is 0 Å². The van der Waals surface area contributed by atoms with Crippen molar-refractivity contribution in [3.8, 4) is 0 Å². The lowest BCUT2D eigenvalue weighted by Crippen LogP contribution is -2.41. The number of aliphatic hydroxyl groups is 1. The Hall–Kier alpha value is -0.0300. The van der Waals surface area contributed by atoms with E-state index in [2.05, 4.69) is 0 Å². The number of ether oxygens (including phenoxy) is 1. The number of aliphatic hydroxyl groups excluding tert-OH is 1. The first-order chi connectivity index (χ1) is 7.24. The number of likely N-dealkylation sites (N-methyl/N-ethyl adjacent to an activating group) is 1. The van der Waals surface area contributed by atoms with Gasteiger partial charge in [-0.2, -0.15) is 0 Å². The van der Waals surface area contributed by atoms with Crippen molar-refractivity contribution in [2.45, 2.75) is 23.8 Å². The third-order valence-electron chi connectivity index (χ3n) is 2.92. The van der Waals surface area contributed by atoms with Gasteiger partial charge in [-0.25, -0.2) is 0 Å². The lowest BCUT2D eigenvalue weighted by molar-refractivity contribution is -0.136. The van der Waals surface area contributed by atoms with Crippen molar-refractivity contribution in [2.24, 2.45) is 5.41 Å². The Bertz CT molecular complexity index is 285. The quantitative estimate of drug-likeness (QED) is 0.759. The number of rotatable bonds is 5. The molecule has 0 aliphatic heterocycles. The van der Waals surface area contributed by atoms with Crippen LogP contribution in [0.3, 0.4) is 0 Å². The summed E-state index contributed by atoms with van der Waals surface area (Å²) in [6.07, 6.45) is -0.242. The highest BCUT2D eigenvalue weighted by Crippen LogP contribution is 2.64. The first-order valence-corrected chi connectivity index (χ1v) is 5.80. The van der Waals surface area contributed by atoms with Gasteiger partial charge in [0, 0.05) is 20.7 Å². The average molecular weight is 270 g/mol. The first kappa shape index (κ1) is 14.0. The zero-order valence-electron chi connectivity index (χ0n) is 9.67. The molecular weight excluding hydrogens is 253 g/mol. The van der Waals surface area contributed by atoms with Crippen LogP contribution in [0.5, 0.6) is 0 Å². The SMILES string of the molecule is COCC(O)CN(C)C(=O)C1(C)CC1(Cl)Cl. The van der Waals surface area contributed by atoms with Crippen LogP contribution in [-0.2, 0) is 9.53 Å². The highest BCUT2D eigenvalue weighted by atomic mass is 35.5. The summed E-state index contributed by atoms with van der Waals surface area (Å²) in [4.78, 5) is 13.4. The zero-order valence-corrected chi connectivity index (χ0v) is 11.2. The van der Waals surface area contributed by atoms with Crippen molar-refractivity contribution < 1.29 is 14.6 Å². The Morgan fingerprint density at radius 2 is 2.12 bits per heavy atom. The summed E-state index contributed by atoms with van der Waals surface area (Å²) in [7, 11) is 3.12. The lowest BCUT2D eigenvalue weighted by atomic mass is 10.1. The van der Waals surface area contributed by atoms with E-state index in [0.29, 0.717) is 6.42 Å². The van der Waals surface area contributed by atoms with Gasteiger partial charge >= 0.3 is 0 Å². The molecule has 1 amide bonds. The zero-order chi connectivity index (χ0) is 12.6. The number of hydrogen-bond acceptors (Lipinski definition) is 3. The summed E-state index contributed by atoms with van der Waals surface area (Å²) < 4.78 is 3.82. The lowest BCUT2D eigenvalue weighted by Gasteiger charge is -2.24. The number of amides is 1. The predicted octanol–water partition coefficient (Wildman–Crippen LogP) is 1.04. The number of carbonyl (C=O) groups is 1. The maximum atomic E-state index is 12.0. The molecule has 0 aromatic heterocycles. The van der Waals surface area contributed by atoms with E-state index in [1.165, 1.54) is 12.0 Å². The molecule has 2 atom stereocenters. The molecule has 1 aliphatic rings. The van der Waals surface area contributed by atoms with Gasteiger partial charge in [0.05, 0.1) is 18.1 Å². The molecule has 0 saturated heterocycles. The van der Waals surface area contributed by atoms with Crippen molar-refractivity contribution in [3.63, 3.8) is 0 Å². The second-order valence-electron chi connectivity index (χ2n) is 4.51. The summed E-state index contributed by atoms with van der Waals surface area (Å²) >= 11 is 11.8. The van der Waals surface area contributed by atoms with Crippen molar-refractivity contribution >= 4 is 29.1 Å². The monoisotopic (exact) mass is 269 g/mol. The number of hydrogen-bond donors (Lipinski definition) is 1. The van der Waals surface area contributed by atoms with Gasteiger partial charge in [-0.1, -0.05) is 0 Å². The van der Waals surface area contributed by atoms with E-state index in [-0.39, 0.29) is 19.1 Å². The molecule has 0 radical (unpaired) electrons. The summed E-state index contributed by atoms with van der Waals surface area (Å²) in [6.45, 7) is 2.14. The van der Waals surface area contributed by atoms with Crippen LogP contribution in [-0.4, -0.2) is 53.7 Å². The molecule has 2 unspecified atom stereocenters. The summed E-state index contributed by atoms with van der Waals surface area (Å²) in [5.41, 5.74) is -0.725.